The van der Waals surface area contributed by atoms with Crippen molar-refractivity contribution < 1.29 is 9.21 Å². The number of urea groups is 1. The number of aromatic nitrogens is 3. The summed E-state index contributed by atoms with van der Waals surface area (Å²) in [7, 11) is 1.76. The lowest BCUT2D eigenvalue weighted by molar-refractivity contribution is 0.200. The summed E-state index contributed by atoms with van der Waals surface area (Å²) in [5, 5.41) is 11.3. The van der Waals surface area contributed by atoms with Gasteiger partial charge in [-0.1, -0.05) is 0 Å². The Hall–Kier alpha value is -2.31. The van der Waals surface area contributed by atoms with Gasteiger partial charge in [0.2, 0.25) is 0 Å². The number of carbonyl (C=O) groups is 1. The van der Waals surface area contributed by atoms with Crippen LogP contribution in [0.5, 0.6) is 0 Å². The van der Waals surface area contributed by atoms with Gasteiger partial charge in [-0.3, -0.25) is 0 Å². The van der Waals surface area contributed by atoms with Crippen LogP contribution in [-0.4, -0.2) is 32.7 Å². The van der Waals surface area contributed by atoms with Crippen molar-refractivity contribution in [1.82, 2.24) is 25.0 Å². The lowest BCUT2D eigenvalue weighted by atomic mass is 10.2. The highest BCUT2D eigenvalue weighted by atomic mass is 16.3. The Kier molecular flexibility index (Phi) is 3.87. The second-order valence-electron chi connectivity index (χ2n) is 5.76. The van der Waals surface area contributed by atoms with E-state index < -0.39 is 0 Å². The van der Waals surface area contributed by atoms with Crippen LogP contribution in [0.1, 0.15) is 42.6 Å². The molecule has 0 bridgehead atoms. The summed E-state index contributed by atoms with van der Waals surface area (Å²) in [6.07, 6.45) is 2.07. The predicted molar refractivity (Wildman–Crippen MR) is 80.2 cm³/mol. The lowest BCUT2D eigenvalue weighted by Crippen LogP contribution is -2.38. The van der Waals surface area contributed by atoms with Gasteiger partial charge in [-0.2, -0.15) is 0 Å². The summed E-state index contributed by atoms with van der Waals surface area (Å²) in [4.78, 5) is 13.9. The molecular formula is C15H21N5O2. The van der Waals surface area contributed by atoms with E-state index >= 15 is 0 Å². The van der Waals surface area contributed by atoms with Gasteiger partial charge in [0.25, 0.3) is 0 Å². The average Bonchev–Trinajstić information content (AvgIpc) is 3.17. The minimum absolute atomic E-state index is 0.156. The molecule has 1 aliphatic rings. The van der Waals surface area contributed by atoms with E-state index in [1.54, 1.807) is 11.9 Å². The maximum absolute atomic E-state index is 12.3. The third-order valence-electron chi connectivity index (χ3n) is 3.94. The van der Waals surface area contributed by atoms with Crippen LogP contribution in [0.3, 0.4) is 0 Å². The minimum Gasteiger partial charge on any atom is -0.464 e. The molecule has 1 N–H and O–H groups in total. The first-order chi connectivity index (χ1) is 10.5. The van der Waals surface area contributed by atoms with E-state index in [0.717, 1.165) is 42.6 Å². The largest absolute Gasteiger partial charge is 0.464 e. The van der Waals surface area contributed by atoms with Gasteiger partial charge in [0.05, 0.1) is 12.6 Å². The number of amides is 2. The highest BCUT2D eigenvalue weighted by molar-refractivity contribution is 5.74. The Balaban J connectivity index is 1.59. The van der Waals surface area contributed by atoms with E-state index in [1.165, 1.54) is 0 Å². The van der Waals surface area contributed by atoms with Crippen molar-refractivity contribution >= 4 is 6.03 Å². The summed E-state index contributed by atoms with van der Waals surface area (Å²) in [5.41, 5.74) is 0. The predicted octanol–water partition coefficient (Wildman–Crippen LogP) is 2.03. The van der Waals surface area contributed by atoms with Crippen molar-refractivity contribution in [3.63, 3.8) is 0 Å². The van der Waals surface area contributed by atoms with Crippen LogP contribution >= 0.6 is 0 Å². The molecule has 1 aliphatic heterocycles. The fourth-order valence-corrected chi connectivity index (χ4v) is 2.66. The zero-order chi connectivity index (χ0) is 15.7. The monoisotopic (exact) mass is 303 g/mol. The normalized spacial score (nSPS) is 14.7. The van der Waals surface area contributed by atoms with E-state index in [2.05, 4.69) is 20.1 Å². The fraction of sp³-hybridized carbons (Fsp3) is 0.533. The molecule has 0 aliphatic carbocycles. The van der Waals surface area contributed by atoms with Gasteiger partial charge >= 0.3 is 6.03 Å². The number of fused-ring (bicyclic) bond motifs is 1. The highest BCUT2D eigenvalue weighted by Gasteiger charge is 2.21. The van der Waals surface area contributed by atoms with Crippen LogP contribution in [-0.2, 0) is 19.5 Å². The topological polar surface area (TPSA) is 76.2 Å². The van der Waals surface area contributed by atoms with Gasteiger partial charge in [0, 0.05) is 20.0 Å². The SMILES string of the molecule is Cc1ccc([C@@H](C)NC(=O)N(C)Cc2nnc3n2CCC3)o1. The van der Waals surface area contributed by atoms with Gasteiger partial charge < -0.3 is 19.2 Å². The van der Waals surface area contributed by atoms with Crippen molar-refractivity contribution in [1.29, 1.82) is 0 Å². The summed E-state index contributed by atoms with van der Waals surface area (Å²) in [5.74, 6) is 3.45. The van der Waals surface area contributed by atoms with Crippen LogP contribution < -0.4 is 5.32 Å². The second kappa shape index (κ2) is 5.82. The zero-order valence-electron chi connectivity index (χ0n) is 13.2. The quantitative estimate of drug-likeness (QED) is 0.937. The van der Waals surface area contributed by atoms with Crippen molar-refractivity contribution in [3.8, 4) is 0 Å². The molecule has 0 saturated carbocycles. The molecule has 118 valence electrons. The van der Waals surface area contributed by atoms with Crippen molar-refractivity contribution in [2.75, 3.05) is 7.05 Å². The van der Waals surface area contributed by atoms with Crippen molar-refractivity contribution in [2.24, 2.45) is 0 Å². The molecule has 0 spiro atoms. The van der Waals surface area contributed by atoms with E-state index in [1.807, 2.05) is 26.0 Å². The minimum atomic E-state index is -0.173. The molecule has 3 heterocycles. The fourth-order valence-electron chi connectivity index (χ4n) is 2.66. The maximum atomic E-state index is 12.3. The number of aryl methyl sites for hydroxylation is 2. The lowest BCUT2D eigenvalue weighted by Gasteiger charge is -2.20. The van der Waals surface area contributed by atoms with E-state index in [4.69, 9.17) is 4.42 Å². The Labute approximate surface area is 129 Å². The smallest absolute Gasteiger partial charge is 0.318 e. The highest BCUT2D eigenvalue weighted by Crippen LogP contribution is 2.17. The number of rotatable bonds is 4. The van der Waals surface area contributed by atoms with E-state index in [9.17, 15) is 4.79 Å². The number of nitrogens with zero attached hydrogens (tertiary/aromatic N) is 4. The van der Waals surface area contributed by atoms with E-state index in [0.29, 0.717) is 6.54 Å². The van der Waals surface area contributed by atoms with Gasteiger partial charge in [0.15, 0.2) is 5.82 Å². The van der Waals surface area contributed by atoms with Gasteiger partial charge in [0.1, 0.15) is 17.3 Å². The van der Waals surface area contributed by atoms with Crippen LogP contribution in [0, 0.1) is 6.92 Å². The first-order valence-electron chi connectivity index (χ1n) is 7.53. The molecule has 1 atom stereocenters. The molecule has 0 fully saturated rings. The summed E-state index contributed by atoms with van der Waals surface area (Å²) < 4.78 is 7.63. The van der Waals surface area contributed by atoms with Gasteiger partial charge in [-0.25, -0.2) is 4.79 Å². The molecule has 22 heavy (non-hydrogen) atoms. The molecule has 0 saturated heterocycles. The molecule has 2 aromatic heterocycles. The molecule has 2 aromatic rings. The van der Waals surface area contributed by atoms with Crippen LogP contribution in [0.25, 0.3) is 0 Å². The third kappa shape index (κ3) is 2.84. The number of hydrogen-bond donors (Lipinski definition) is 1. The molecular weight excluding hydrogens is 282 g/mol. The van der Waals surface area contributed by atoms with Crippen molar-refractivity contribution in [2.45, 2.75) is 45.8 Å². The van der Waals surface area contributed by atoms with E-state index in [-0.39, 0.29) is 12.1 Å². The van der Waals surface area contributed by atoms with Crippen LogP contribution in [0.15, 0.2) is 16.5 Å². The Morgan fingerprint density at radius 2 is 2.32 bits per heavy atom. The van der Waals surface area contributed by atoms with Gasteiger partial charge in [-0.15, -0.1) is 10.2 Å². The number of carbonyl (C=O) groups excluding carboxylic acids is 1. The zero-order valence-corrected chi connectivity index (χ0v) is 13.2. The summed E-state index contributed by atoms with van der Waals surface area (Å²) >= 11 is 0. The maximum Gasteiger partial charge on any atom is 0.318 e. The average molecular weight is 303 g/mol. The first-order valence-corrected chi connectivity index (χ1v) is 7.53. The molecule has 7 nitrogen and oxygen atoms in total. The molecule has 2 amide bonds. The molecule has 0 unspecified atom stereocenters. The Morgan fingerprint density at radius 3 is 3.05 bits per heavy atom. The Morgan fingerprint density at radius 1 is 1.50 bits per heavy atom. The summed E-state index contributed by atoms with van der Waals surface area (Å²) in [6, 6.07) is 3.44. The van der Waals surface area contributed by atoms with Crippen LogP contribution in [0.2, 0.25) is 0 Å². The van der Waals surface area contributed by atoms with Gasteiger partial charge in [-0.05, 0) is 32.4 Å². The number of furan rings is 1. The molecule has 3 rings (SSSR count). The number of nitrogens with one attached hydrogen (secondary N) is 1. The molecule has 0 aromatic carbocycles. The van der Waals surface area contributed by atoms with Crippen LogP contribution in [0.4, 0.5) is 4.79 Å². The standard InChI is InChI=1S/C15H21N5O2/c1-10-6-7-12(22-10)11(2)16-15(21)19(3)9-14-18-17-13-5-4-8-20(13)14/h6-7,11H,4-5,8-9H2,1-3H3,(H,16,21)/t11-/m1/s1. The molecule has 0 radical (unpaired) electrons. The molecule has 7 heteroatoms. The first kappa shape index (κ1) is 14.6. The third-order valence-corrected chi connectivity index (χ3v) is 3.94. The second-order valence-corrected chi connectivity index (χ2v) is 5.76. The van der Waals surface area contributed by atoms with Crippen molar-refractivity contribution in [3.05, 3.63) is 35.3 Å². The Bertz CT molecular complexity index is 675. The number of hydrogen-bond acceptors (Lipinski definition) is 4. The summed E-state index contributed by atoms with van der Waals surface area (Å²) in [6.45, 7) is 5.17.